The Morgan fingerprint density at radius 1 is 1.31 bits per heavy atom. The number of hydrogen-bond acceptors (Lipinski definition) is 1. The molecule has 0 saturated carbocycles. The average molecular weight is 238 g/mol. The van der Waals surface area contributed by atoms with Crippen molar-refractivity contribution in [3.8, 4) is 0 Å². The summed E-state index contributed by atoms with van der Waals surface area (Å²) in [6.07, 6.45) is 0. The predicted octanol–water partition coefficient (Wildman–Crippen LogP) is 1.49. The van der Waals surface area contributed by atoms with Crippen molar-refractivity contribution >= 4 is 25.5 Å². The van der Waals surface area contributed by atoms with E-state index in [2.05, 4.69) is 4.99 Å². The Morgan fingerprint density at radius 3 is 2.54 bits per heavy atom. The first-order chi connectivity index (χ1) is 6.27. The number of carbonyl (C=O) groups excluding carboxylic acids is 1. The van der Waals surface area contributed by atoms with Crippen molar-refractivity contribution in [1.29, 1.82) is 0 Å². The summed E-state index contributed by atoms with van der Waals surface area (Å²) < 4.78 is 0.991. The van der Waals surface area contributed by atoms with Crippen molar-refractivity contribution in [2.24, 2.45) is 4.99 Å². The third-order valence-corrected chi connectivity index (χ3v) is 4.19. The van der Waals surface area contributed by atoms with E-state index in [-0.39, 0.29) is 25.7 Å². The zero-order chi connectivity index (χ0) is 9.26. The van der Waals surface area contributed by atoms with Crippen LogP contribution in [0.4, 0.5) is 0 Å². The molecule has 2 nitrogen and oxygen atoms in total. The summed E-state index contributed by atoms with van der Waals surface area (Å²) >= 11 is 0.221. The summed E-state index contributed by atoms with van der Waals surface area (Å²) in [6.45, 7) is 1.95. The second kappa shape index (κ2) is 3.44. The zero-order valence-corrected chi connectivity index (χ0v) is 8.94. The Morgan fingerprint density at radius 2 is 2.00 bits per heavy atom. The maximum absolute atomic E-state index is 11.2. The number of benzene rings is 1. The summed E-state index contributed by atoms with van der Waals surface area (Å²) in [5.41, 5.74) is 1.10. The first-order valence-corrected chi connectivity index (χ1v) is 5.96. The van der Waals surface area contributed by atoms with Gasteiger partial charge in [0.05, 0.1) is 0 Å². The van der Waals surface area contributed by atoms with Crippen LogP contribution in [0.15, 0.2) is 35.3 Å². The van der Waals surface area contributed by atoms with Gasteiger partial charge < -0.3 is 0 Å². The predicted molar refractivity (Wildman–Crippen MR) is 53.2 cm³/mol. The zero-order valence-electron chi connectivity index (χ0n) is 7.23. The number of hydrogen-bond donors (Lipinski definition) is 0. The van der Waals surface area contributed by atoms with E-state index in [1.54, 1.807) is 0 Å². The molecule has 1 unspecified atom stereocenters. The molecule has 0 radical (unpaired) electrons. The van der Waals surface area contributed by atoms with E-state index in [0.717, 1.165) is 10.2 Å². The molecule has 0 fully saturated rings. The van der Waals surface area contributed by atoms with E-state index in [1.165, 1.54) is 0 Å². The Kier molecular flexibility index (Phi) is 2.30. The molecule has 2 rings (SSSR count). The molecule has 1 atom stereocenters. The second-order valence-electron chi connectivity index (χ2n) is 2.88. The van der Waals surface area contributed by atoms with Crippen LogP contribution in [0.5, 0.6) is 0 Å². The Balaban J connectivity index is 2.30. The Bertz CT molecular complexity index is 358. The first kappa shape index (κ1) is 8.67. The second-order valence-corrected chi connectivity index (χ2v) is 5.67. The van der Waals surface area contributed by atoms with E-state index < -0.39 is 0 Å². The summed E-state index contributed by atoms with van der Waals surface area (Å²) in [6, 6.07) is 9.93. The summed E-state index contributed by atoms with van der Waals surface area (Å²) in [7, 11) is 0. The van der Waals surface area contributed by atoms with Gasteiger partial charge >= 0.3 is 82.9 Å². The molecule has 0 saturated heterocycles. The topological polar surface area (TPSA) is 29.4 Å². The molecule has 1 aromatic carbocycles. The van der Waals surface area contributed by atoms with E-state index in [0.29, 0.717) is 0 Å². The van der Waals surface area contributed by atoms with Gasteiger partial charge in [-0.15, -0.1) is 0 Å². The van der Waals surface area contributed by atoms with E-state index in [1.807, 2.05) is 37.3 Å². The molecule has 0 aliphatic carbocycles. The van der Waals surface area contributed by atoms with Crippen molar-refractivity contribution in [2.75, 3.05) is 0 Å². The normalized spacial score (nSPS) is 21.8. The molecule has 66 valence electrons. The van der Waals surface area contributed by atoms with Gasteiger partial charge in [-0.05, 0) is 0 Å². The van der Waals surface area contributed by atoms with Gasteiger partial charge in [0.2, 0.25) is 0 Å². The monoisotopic (exact) mass is 239 g/mol. The van der Waals surface area contributed by atoms with E-state index in [9.17, 15) is 4.79 Å². The molecule has 0 spiro atoms. The van der Waals surface area contributed by atoms with Crippen LogP contribution >= 0.6 is 0 Å². The fourth-order valence-electron chi connectivity index (χ4n) is 1.15. The number of carbonyl (C=O) groups is 1. The van der Waals surface area contributed by atoms with Gasteiger partial charge in [-0.1, -0.05) is 0 Å². The fraction of sp³-hybridized carbons (Fsp3) is 0.200. The molecule has 0 aromatic heterocycles. The molecule has 1 aromatic rings. The van der Waals surface area contributed by atoms with Crippen LogP contribution in [0.3, 0.4) is 0 Å². The van der Waals surface area contributed by atoms with Crippen molar-refractivity contribution in [3.63, 3.8) is 0 Å². The molecule has 1 aliphatic heterocycles. The SMILES string of the molecule is CC1[Se]C(c2ccccc2)=NC1=O. The minimum atomic E-state index is 0.0406. The van der Waals surface area contributed by atoms with Gasteiger partial charge in [-0.25, -0.2) is 0 Å². The summed E-state index contributed by atoms with van der Waals surface area (Å²) in [5.74, 6) is 0.0406. The molecular weight excluding hydrogens is 229 g/mol. The van der Waals surface area contributed by atoms with Gasteiger partial charge in [-0.3, -0.25) is 0 Å². The number of aliphatic imine (C=N–C) groups is 1. The summed E-state index contributed by atoms with van der Waals surface area (Å²) in [4.78, 5) is 15.4. The van der Waals surface area contributed by atoms with Crippen LogP contribution in [-0.4, -0.2) is 25.5 Å². The first-order valence-electron chi connectivity index (χ1n) is 4.12. The molecule has 1 aliphatic rings. The third-order valence-electron chi connectivity index (χ3n) is 1.87. The van der Waals surface area contributed by atoms with Crippen LogP contribution < -0.4 is 0 Å². The van der Waals surface area contributed by atoms with Crippen molar-refractivity contribution in [3.05, 3.63) is 35.9 Å². The van der Waals surface area contributed by atoms with Gasteiger partial charge in [0.1, 0.15) is 0 Å². The molecular formula is C10H9NOSe. The van der Waals surface area contributed by atoms with Crippen LogP contribution in [-0.2, 0) is 4.79 Å². The van der Waals surface area contributed by atoms with Crippen molar-refractivity contribution in [1.82, 2.24) is 0 Å². The Labute approximate surface area is 83.2 Å². The molecule has 0 bridgehead atoms. The molecule has 3 heteroatoms. The average Bonchev–Trinajstić information content (AvgIpc) is 2.49. The van der Waals surface area contributed by atoms with Gasteiger partial charge in [0.15, 0.2) is 0 Å². The third kappa shape index (κ3) is 1.71. The number of amides is 1. The number of rotatable bonds is 1. The van der Waals surface area contributed by atoms with Crippen LogP contribution in [0.25, 0.3) is 0 Å². The van der Waals surface area contributed by atoms with E-state index >= 15 is 0 Å². The fourth-order valence-corrected chi connectivity index (χ4v) is 3.04. The molecule has 1 heterocycles. The van der Waals surface area contributed by atoms with Crippen LogP contribution in [0.2, 0.25) is 4.82 Å². The summed E-state index contributed by atoms with van der Waals surface area (Å²) in [5, 5.41) is 0. The van der Waals surface area contributed by atoms with Crippen LogP contribution in [0, 0.1) is 0 Å². The van der Waals surface area contributed by atoms with E-state index in [4.69, 9.17) is 0 Å². The quantitative estimate of drug-likeness (QED) is 0.681. The molecule has 0 N–H and O–H groups in total. The van der Waals surface area contributed by atoms with Crippen LogP contribution in [0.1, 0.15) is 12.5 Å². The minimum absolute atomic E-state index is 0.0406. The standard InChI is InChI=1S/C10H9NOSe/c1-7-9(12)11-10(13-7)8-5-3-2-4-6-8/h2-7H,1H3. The Hall–Kier alpha value is -0.921. The van der Waals surface area contributed by atoms with Gasteiger partial charge in [0.25, 0.3) is 0 Å². The maximum atomic E-state index is 11.2. The number of nitrogens with zero attached hydrogens (tertiary/aromatic N) is 1. The van der Waals surface area contributed by atoms with Gasteiger partial charge in [-0.2, -0.15) is 0 Å². The van der Waals surface area contributed by atoms with Crippen molar-refractivity contribution < 1.29 is 4.79 Å². The molecule has 13 heavy (non-hydrogen) atoms. The molecule has 1 amide bonds. The van der Waals surface area contributed by atoms with Crippen molar-refractivity contribution in [2.45, 2.75) is 11.7 Å². The van der Waals surface area contributed by atoms with Gasteiger partial charge in [0, 0.05) is 0 Å².